The number of rotatable bonds is 8. The maximum atomic E-state index is 5.53. The molecular formula is C19H32N4O3. The molecule has 7 heteroatoms. The molecule has 146 valence electrons. The fraction of sp³-hybridized carbons (Fsp3) is 0.632. The second-order valence-electron chi connectivity index (χ2n) is 6.22. The molecule has 0 spiro atoms. The standard InChI is InChI=1S/C19H32N4O3/c1-6-23-11-7-8-15(23)13-22-19(20-2)21-12-14-9-10-16(24-3)18(26-5)17(14)25-4/h9-10,15H,6-8,11-13H2,1-5H3,(H2,20,21,22). The van der Waals surface area contributed by atoms with Crippen molar-refractivity contribution >= 4 is 5.96 Å². The summed E-state index contributed by atoms with van der Waals surface area (Å²) in [7, 11) is 6.64. The van der Waals surface area contributed by atoms with Gasteiger partial charge in [-0.2, -0.15) is 0 Å². The molecule has 1 saturated heterocycles. The Kier molecular flexibility index (Phi) is 7.84. The lowest BCUT2D eigenvalue weighted by Crippen LogP contribution is -2.44. The van der Waals surface area contributed by atoms with Gasteiger partial charge in [-0.25, -0.2) is 0 Å². The Morgan fingerprint density at radius 1 is 1.15 bits per heavy atom. The van der Waals surface area contributed by atoms with Crippen LogP contribution in [0.2, 0.25) is 0 Å². The molecule has 0 aromatic heterocycles. The zero-order valence-corrected chi connectivity index (χ0v) is 16.6. The predicted octanol–water partition coefficient (Wildman–Crippen LogP) is 1.86. The first-order valence-corrected chi connectivity index (χ1v) is 9.14. The summed E-state index contributed by atoms with van der Waals surface area (Å²) in [4.78, 5) is 6.84. The Morgan fingerprint density at radius 2 is 1.92 bits per heavy atom. The Balaban J connectivity index is 1.98. The molecule has 0 aliphatic carbocycles. The van der Waals surface area contributed by atoms with Crippen LogP contribution in [-0.4, -0.2) is 64.9 Å². The molecular weight excluding hydrogens is 332 g/mol. The highest BCUT2D eigenvalue weighted by Gasteiger charge is 2.23. The summed E-state index contributed by atoms with van der Waals surface area (Å²) in [6.45, 7) is 5.98. The molecule has 0 bridgehead atoms. The average molecular weight is 364 g/mol. The Morgan fingerprint density at radius 3 is 2.54 bits per heavy atom. The Bertz CT molecular complexity index is 607. The van der Waals surface area contributed by atoms with Crippen LogP contribution in [0.15, 0.2) is 17.1 Å². The van der Waals surface area contributed by atoms with Crippen molar-refractivity contribution in [2.24, 2.45) is 4.99 Å². The van der Waals surface area contributed by atoms with E-state index in [1.54, 1.807) is 28.4 Å². The van der Waals surface area contributed by atoms with Gasteiger partial charge in [0.25, 0.3) is 0 Å². The molecule has 0 radical (unpaired) electrons. The van der Waals surface area contributed by atoms with Gasteiger partial charge in [0.2, 0.25) is 5.75 Å². The molecule has 1 aromatic rings. The lowest BCUT2D eigenvalue weighted by atomic mass is 10.1. The van der Waals surface area contributed by atoms with Gasteiger partial charge in [-0.1, -0.05) is 6.92 Å². The molecule has 7 nitrogen and oxygen atoms in total. The van der Waals surface area contributed by atoms with Crippen LogP contribution in [0, 0.1) is 0 Å². The number of likely N-dealkylation sites (tertiary alicyclic amines) is 1. The fourth-order valence-corrected chi connectivity index (χ4v) is 3.46. The number of guanidine groups is 1. The van der Waals surface area contributed by atoms with Crippen LogP contribution in [0.25, 0.3) is 0 Å². The number of methoxy groups -OCH3 is 3. The van der Waals surface area contributed by atoms with E-state index in [0.717, 1.165) is 24.6 Å². The molecule has 1 aliphatic heterocycles. The molecule has 26 heavy (non-hydrogen) atoms. The third kappa shape index (κ3) is 4.72. The molecule has 0 saturated carbocycles. The monoisotopic (exact) mass is 364 g/mol. The SMILES string of the molecule is CCN1CCCC1CNC(=NC)NCc1ccc(OC)c(OC)c1OC. The summed E-state index contributed by atoms with van der Waals surface area (Å²) in [5.41, 5.74) is 0.976. The van der Waals surface area contributed by atoms with Crippen molar-refractivity contribution in [2.75, 3.05) is 48.0 Å². The summed E-state index contributed by atoms with van der Waals surface area (Å²) in [6, 6.07) is 4.43. The van der Waals surface area contributed by atoms with E-state index in [9.17, 15) is 0 Å². The van der Waals surface area contributed by atoms with Gasteiger partial charge < -0.3 is 24.8 Å². The molecule has 1 aromatic carbocycles. The minimum Gasteiger partial charge on any atom is -0.493 e. The Hall–Kier alpha value is -2.15. The first-order chi connectivity index (χ1) is 12.7. The van der Waals surface area contributed by atoms with Gasteiger partial charge in [0.05, 0.1) is 21.3 Å². The third-order valence-corrected chi connectivity index (χ3v) is 4.87. The summed E-state index contributed by atoms with van der Waals surface area (Å²) in [5, 5.41) is 6.79. The minimum absolute atomic E-state index is 0.575. The number of nitrogens with zero attached hydrogens (tertiary/aromatic N) is 2. The summed E-state index contributed by atoms with van der Waals surface area (Å²) >= 11 is 0. The smallest absolute Gasteiger partial charge is 0.203 e. The zero-order chi connectivity index (χ0) is 18.9. The van der Waals surface area contributed by atoms with E-state index in [2.05, 4.69) is 27.4 Å². The quantitative estimate of drug-likeness (QED) is 0.542. The predicted molar refractivity (Wildman–Crippen MR) is 105 cm³/mol. The second kappa shape index (κ2) is 10.1. The number of nitrogens with one attached hydrogen (secondary N) is 2. The van der Waals surface area contributed by atoms with Crippen LogP contribution in [-0.2, 0) is 6.54 Å². The van der Waals surface area contributed by atoms with Crippen LogP contribution in [0.4, 0.5) is 0 Å². The van der Waals surface area contributed by atoms with Gasteiger partial charge in [0.1, 0.15) is 0 Å². The lowest BCUT2D eigenvalue weighted by molar-refractivity contribution is 0.267. The average Bonchev–Trinajstić information content (AvgIpc) is 3.14. The van der Waals surface area contributed by atoms with Crippen molar-refractivity contribution in [3.05, 3.63) is 17.7 Å². The number of likely N-dealkylation sites (N-methyl/N-ethyl adjacent to an activating group) is 1. The van der Waals surface area contributed by atoms with Gasteiger partial charge in [0.15, 0.2) is 17.5 Å². The van der Waals surface area contributed by atoms with E-state index < -0.39 is 0 Å². The van der Waals surface area contributed by atoms with Gasteiger partial charge in [-0.15, -0.1) is 0 Å². The van der Waals surface area contributed by atoms with Gasteiger partial charge in [-0.05, 0) is 38.1 Å². The first-order valence-electron chi connectivity index (χ1n) is 9.14. The van der Waals surface area contributed by atoms with Crippen molar-refractivity contribution in [3.63, 3.8) is 0 Å². The van der Waals surface area contributed by atoms with Crippen molar-refractivity contribution in [2.45, 2.75) is 32.4 Å². The van der Waals surface area contributed by atoms with Crippen LogP contribution in [0.5, 0.6) is 17.2 Å². The molecule has 1 atom stereocenters. The summed E-state index contributed by atoms with van der Waals surface area (Å²) in [6.07, 6.45) is 2.51. The van der Waals surface area contributed by atoms with Gasteiger partial charge in [-0.3, -0.25) is 9.89 Å². The minimum atomic E-state index is 0.575. The number of hydrogen-bond acceptors (Lipinski definition) is 5. The highest BCUT2D eigenvalue weighted by Crippen LogP contribution is 2.39. The zero-order valence-electron chi connectivity index (χ0n) is 16.6. The maximum Gasteiger partial charge on any atom is 0.203 e. The van der Waals surface area contributed by atoms with E-state index in [-0.39, 0.29) is 0 Å². The van der Waals surface area contributed by atoms with Crippen molar-refractivity contribution < 1.29 is 14.2 Å². The molecule has 1 aliphatic rings. The molecule has 1 fully saturated rings. The van der Waals surface area contributed by atoms with Crippen molar-refractivity contribution in [3.8, 4) is 17.2 Å². The van der Waals surface area contributed by atoms with E-state index in [4.69, 9.17) is 14.2 Å². The highest BCUT2D eigenvalue weighted by atomic mass is 16.5. The maximum absolute atomic E-state index is 5.53. The number of benzene rings is 1. The highest BCUT2D eigenvalue weighted by molar-refractivity contribution is 5.79. The van der Waals surface area contributed by atoms with Gasteiger partial charge >= 0.3 is 0 Å². The van der Waals surface area contributed by atoms with Crippen LogP contribution in [0.1, 0.15) is 25.3 Å². The lowest BCUT2D eigenvalue weighted by Gasteiger charge is -2.24. The number of ether oxygens (including phenoxy) is 3. The second-order valence-corrected chi connectivity index (χ2v) is 6.22. The third-order valence-electron chi connectivity index (χ3n) is 4.87. The van der Waals surface area contributed by atoms with E-state index in [0.29, 0.717) is 29.8 Å². The molecule has 0 amide bonds. The fourth-order valence-electron chi connectivity index (χ4n) is 3.46. The largest absolute Gasteiger partial charge is 0.493 e. The van der Waals surface area contributed by atoms with E-state index in [1.165, 1.54) is 19.4 Å². The van der Waals surface area contributed by atoms with E-state index in [1.807, 2.05) is 12.1 Å². The Labute approximate surface area is 156 Å². The van der Waals surface area contributed by atoms with Crippen LogP contribution >= 0.6 is 0 Å². The normalized spacial score (nSPS) is 17.9. The topological polar surface area (TPSA) is 67.4 Å². The molecule has 2 rings (SSSR count). The molecule has 1 unspecified atom stereocenters. The van der Waals surface area contributed by atoms with Crippen LogP contribution in [0.3, 0.4) is 0 Å². The first kappa shape index (κ1) is 20.2. The molecule has 2 N–H and O–H groups in total. The van der Waals surface area contributed by atoms with Crippen molar-refractivity contribution in [1.82, 2.24) is 15.5 Å². The van der Waals surface area contributed by atoms with Crippen molar-refractivity contribution in [1.29, 1.82) is 0 Å². The van der Waals surface area contributed by atoms with E-state index >= 15 is 0 Å². The summed E-state index contributed by atoms with van der Waals surface area (Å²) < 4.78 is 16.3. The number of hydrogen-bond donors (Lipinski definition) is 2. The van der Waals surface area contributed by atoms with Gasteiger partial charge in [0, 0.05) is 31.7 Å². The number of aliphatic imine (C=N–C) groups is 1. The molecule has 1 heterocycles. The van der Waals surface area contributed by atoms with Crippen LogP contribution < -0.4 is 24.8 Å². The summed E-state index contributed by atoms with van der Waals surface area (Å²) in [5.74, 6) is 2.70.